The van der Waals surface area contributed by atoms with Crippen LogP contribution < -0.4 is 5.32 Å². The molecule has 0 heterocycles. The van der Waals surface area contributed by atoms with Gasteiger partial charge >= 0.3 is 0 Å². The Morgan fingerprint density at radius 3 is 2.35 bits per heavy atom. The first kappa shape index (κ1) is 17.4. The first-order valence-electron chi connectivity index (χ1n) is 7.19. The summed E-state index contributed by atoms with van der Waals surface area (Å²) in [5.74, 6) is -0.207. The molecule has 0 radical (unpaired) electrons. The number of sulfonamides is 1. The van der Waals surface area contributed by atoms with Crippen LogP contribution in [-0.2, 0) is 14.8 Å². The summed E-state index contributed by atoms with van der Waals surface area (Å²) in [6, 6.07) is -0.00229. The number of carbonyl (C=O) groups excluding carboxylic acids is 1. The van der Waals surface area contributed by atoms with Gasteiger partial charge in [-0.1, -0.05) is 12.8 Å². The van der Waals surface area contributed by atoms with Crippen LogP contribution in [0.1, 0.15) is 32.1 Å². The molecule has 1 aliphatic rings. The molecule has 0 spiro atoms. The number of carbonyl (C=O) groups is 1. The maximum Gasteiger partial charge on any atom is 0.235 e. The fraction of sp³-hybridized carbons (Fsp3) is 0.923. The standard InChI is InChI=1S/C13H27N3O3S/c1-15(2)10-6-9-14-13(17)11-16(20(3,18)19)12-7-4-5-8-12/h12H,4-11H2,1-3H3,(H,14,17). The van der Waals surface area contributed by atoms with Crippen LogP contribution in [-0.4, -0.2) is 69.6 Å². The smallest absolute Gasteiger partial charge is 0.235 e. The molecule has 0 aromatic heterocycles. The SMILES string of the molecule is CN(C)CCCNC(=O)CN(C1CCCC1)S(C)(=O)=O. The van der Waals surface area contributed by atoms with Gasteiger partial charge < -0.3 is 10.2 Å². The normalized spacial score (nSPS) is 17.1. The Hall–Kier alpha value is -0.660. The third-order valence-electron chi connectivity index (χ3n) is 3.56. The molecule has 0 saturated heterocycles. The number of rotatable bonds is 8. The Labute approximate surface area is 122 Å². The van der Waals surface area contributed by atoms with Gasteiger partial charge in [-0.15, -0.1) is 0 Å². The molecule has 0 aromatic rings. The van der Waals surface area contributed by atoms with E-state index in [-0.39, 0.29) is 18.5 Å². The van der Waals surface area contributed by atoms with Gasteiger partial charge in [-0.25, -0.2) is 8.42 Å². The average molecular weight is 305 g/mol. The zero-order valence-electron chi connectivity index (χ0n) is 12.8. The van der Waals surface area contributed by atoms with Gasteiger partial charge in [0.25, 0.3) is 0 Å². The van der Waals surface area contributed by atoms with E-state index in [9.17, 15) is 13.2 Å². The molecule has 1 aliphatic carbocycles. The topological polar surface area (TPSA) is 69.7 Å². The Bertz CT molecular complexity index is 403. The van der Waals surface area contributed by atoms with Gasteiger partial charge in [0.1, 0.15) is 0 Å². The van der Waals surface area contributed by atoms with Crippen LogP contribution >= 0.6 is 0 Å². The van der Waals surface area contributed by atoms with E-state index in [4.69, 9.17) is 0 Å². The highest BCUT2D eigenvalue weighted by Crippen LogP contribution is 2.24. The number of amides is 1. The van der Waals surface area contributed by atoms with E-state index in [2.05, 4.69) is 5.32 Å². The van der Waals surface area contributed by atoms with Gasteiger partial charge in [-0.2, -0.15) is 4.31 Å². The van der Waals surface area contributed by atoms with Crippen LogP contribution in [0.15, 0.2) is 0 Å². The highest BCUT2D eigenvalue weighted by Gasteiger charge is 2.30. The summed E-state index contributed by atoms with van der Waals surface area (Å²) in [6.07, 6.45) is 5.86. The lowest BCUT2D eigenvalue weighted by atomic mass is 10.2. The number of nitrogens with zero attached hydrogens (tertiary/aromatic N) is 2. The summed E-state index contributed by atoms with van der Waals surface area (Å²) in [6.45, 7) is 1.43. The molecule has 1 amide bonds. The zero-order valence-corrected chi connectivity index (χ0v) is 13.6. The van der Waals surface area contributed by atoms with Gasteiger partial charge in [-0.05, 0) is 39.9 Å². The maximum atomic E-state index is 11.9. The minimum atomic E-state index is -3.32. The third kappa shape index (κ3) is 6.19. The lowest BCUT2D eigenvalue weighted by molar-refractivity contribution is -0.121. The van der Waals surface area contributed by atoms with Crippen molar-refractivity contribution < 1.29 is 13.2 Å². The van der Waals surface area contributed by atoms with Crippen molar-refractivity contribution in [1.82, 2.24) is 14.5 Å². The van der Waals surface area contributed by atoms with E-state index in [0.717, 1.165) is 38.6 Å². The predicted molar refractivity (Wildman–Crippen MR) is 80.0 cm³/mol. The van der Waals surface area contributed by atoms with Crippen molar-refractivity contribution >= 4 is 15.9 Å². The number of nitrogens with one attached hydrogen (secondary N) is 1. The van der Waals surface area contributed by atoms with Crippen molar-refractivity contribution in [3.05, 3.63) is 0 Å². The molecule has 6 nitrogen and oxygen atoms in total. The van der Waals surface area contributed by atoms with Crippen LogP contribution in [0.4, 0.5) is 0 Å². The lowest BCUT2D eigenvalue weighted by Gasteiger charge is -2.25. The Balaban J connectivity index is 2.43. The minimum Gasteiger partial charge on any atom is -0.355 e. The van der Waals surface area contributed by atoms with Crippen molar-refractivity contribution in [2.75, 3.05) is 40.0 Å². The molecule has 1 fully saturated rings. The Morgan fingerprint density at radius 2 is 1.85 bits per heavy atom. The first-order valence-corrected chi connectivity index (χ1v) is 9.04. The monoisotopic (exact) mass is 305 g/mol. The van der Waals surface area contributed by atoms with E-state index in [1.807, 2.05) is 19.0 Å². The van der Waals surface area contributed by atoms with E-state index >= 15 is 0 Å². The Kier molecular flexibility index (Phi) is 6.91. The van der Waals surface area contributed by atoms with Crippen molar-refractivity contribution in [3.8, 4) is 0 Å². The van der Waals surface area contributed by atoms with Crippen molar-refractivity contribution in [2.24, 2.45) is 0 Å². The highest BCUT2D eigenvalue weighted by molar-refractivity contribution is 7.88. The lowest BCUT2D eigenvalue weighted by Crippen LogP contribution is -2.45. The predicted octanol–water partition coefficient (Wildman–Crippen LogP) is 0.259. The largest absolute Gasteiger partial charge is 0.355 e. The highest BCUT2D eigenvalue weighted by atomic mass is 32.2. The summed E-state index contributed by atoms with van der Waals surface area (Å²) in [5.41, 5.74) is 0. The molecule has 1 N–H and O–H groups in total. The molecule has 1 saturated carbocycles. The van der Waals surface area contributed by atoms with Crippen LogP contribution in [0.3, 0.4) is 0 Å². The van der Waals surface area contributed by atoms with Gasteiger partial charge in [0.2, 0.25) is 15.9 Å². The summed E-state index contributed by atoms with van der Waals surface area (Å²) in [5, 5.41) is 2.79. The molecule has 0 bridgehead atoms. The maximum absolute atomic E-state index is 11.9. The second kappa shape index (κ2) is 7.95. The summed E-state index contributed by atoms with van der Waals surface area (Å²) < 4.78 is 25.0. The quantitative estimate of drug-likeness (QED) is 0.653. The van der Waals surface area contributed by atoms with Crippen LogP contribution in [0.2, 0.25) is 0 Å². The number of hydrogen-bond donors (Lipinski definition) is 1. The molecule has 0 aliphatic heterocycles. The minimum absolute atomic E-state index is 0.00229. The fourth-order valence-corrected chi connectivity index (χ4v) is 3.63. The fourth-order valence-electron chi connectivity index (χ4n) is 2.53. The molecular weight excluding hydrogens is 278 g/mol. The zero-order chi connectivity index (χ0) is 15.2. The van der Waals surface area contributed by atoms with E-state index in [1.54, 1.807) is 0 Å². The molecule has 0 aromatic carbocycles. The second-order valence-electron chi connectivity index (χ2n) is 5.75. The average Bonchev–Trinajstić information content (AvgIpc) is 2.83. The van der Waals surface area contributed by atoms with E-state index in [1.165, 1.54) is 10.6 Å². The molecular formula is C13H27N3O3S. The van der Waals surface area contributed by atoms with Gasteiger partial charge in [0.05, 0.1) is 12.8 Å². The third-order valence-corrected chi connectivity index (χ3v) is 4.84. The molecule has 118 valence electrons. The Morgan fingerprint density at radius 1 is 1.25 bits per heavy atom. The molecule has 7 heteroatoms. The molecule has 0 atom stereocenters. The van der Waals surface area contributed by atoms with Gasteiger partial charge in [0, 0.05) is 12.6 Å². The summed E-state index contributed by atoms with van der Waals surface area (Å²) in [4.78, 5) is 13.9. The van der Waals surface area contributed by atoms with Gasteiger partial charge in [0.15, 0.2) is 0 Å². The van der Waals surface area contributed by atoms with Crippen LogP contribution in [0, 0.1) is 0 Å². The van der Waals surface area contributed by atoms with Crippen molar-refractivity contribution in [3.63, 3.8) is 0 Å². The van der Waals surface area contributed by atoms with Gasteiger partial charge in [-0.3, -0.25) is 4.79 Å². The van der Waals surface area contributed by atoms with E-state index < -0.39 is 10.0 Å². The molecule has 0 unspecified atom stereocenters. The van der Waals surface area contributed by atoms with Crippen LogP contribution in [0.5, 0.6) is 0 Å². The number of hydrogen-bond acceptors (Lipinski definition) is 4. The first-order chi connectivity index (χ1) is 9.30. The van der Waals surface area contributed by atoms with Crippen molar-refractivity contribution in [2.45, 2.75) is 38.1 Å². The summed E-state index contributed by atoms with van der Waals surface area (Å²) in [7, 11) is 0.636. The second-order valence-corrected chi connectivity index (χ2v) is 7.69. The molecule has 1 rings (SSSR count). The van der Waals surface area contributed by atoms with Crippen LogP contribution in [0.25, 0.3) is 0 Å². The summed E-state index contributed by atoms with van der Waals surface area (Å²) >= 11 is 0. The van der Waals surface area contributed by atoms with E-state index in [0.29, 0.717) is 6.54 Å². The van der Waals surface area contributed by atoms with Crippen molar-refractivity contribution in [1.29, 1.82) is 0 Å². The molecule has 20 heavy (non-hydrogen) atoms.